The maximum Gasteiger partial charge on any atom is 0.239 e. The average molecular weight is 267 g/mol. The average Bonchev–Trinajstić information content (AvgIpc) is 3.14. The third kappa shape index (κ3) is 2.68. The van der Waals surface area contributed by atoms with Crippen LogP contribution >= 0.6 is 11.6 Å². The van der Waals surface area contributed by atoms with E-state index in [1.165, 1.54) is 0 Å². The fourth-order valence-corrected chi connectivity index (χ4v) is 2.53. The van der Waals surface area contributed by atoms with Crippen LogP contribution in [-0.4, -0.2) is 22.9 Å². The minimum absolute atomic E-state index is 0.00456. The first-order chi connectivity index (χ1) is 8.52. The van der Waals surface area contributed by atoms with Gasteiger partial charge in [-0.2, -0.15) is 0 Å². The van der Waals surface area contributed by atoms with Crippen molar-refractivity contribution >= 4 is 17.5 Å². The normalized spacial score (nSPS) is 18.2. The molecular formula is C14H19ClN2O. The van der Waals surface area contributed by atoms with Gasteiger partial charge in [0.1, 0.15) is 0 Å². The van der Waals surface area contributed by atoms with E-state index in [2.05, 4.69) is 0 Å². The summed E-state index contributed by atoms with van der Waals surface area (Å²) in [6, 6.07) is 7.51. The number of hydrogen-bond acceptors (Lipinski definition) is 2. The van der Waals surface area contributed by atoms with E-state index in [4.69, 9.17) is 17.3 Å². The molecule has 2 rings (SSSR count). The molecule has 1 aliphatic rings. The third-order valence-electron chi connectivity index (χ3n) is 3.36. The molecule has 0 bridgehead atoms. The molecular weight excluding hydrogens is 248 g/mol. The minimum Gasteiger partial charge on any atom is -0.332 e. The molecule has 1 aromatic carbocycles. The predicted octanol–water partition coefficient (Wildman–Crippen LogP) is 2.74. The van der Waals surface area contributed by atoms with E-state index in [0.717, 1.165) is 18.4 Å². The van der Waals surface area contributed by atoms with E-state index in [9.17, 15) is 4.79 Å². The molecule has 2 atom stereocenters. The number of nitrogens with zero attached hydrogens (tertiary/aromatic N) is 1. The van der Waals surface area contributed by atoms with E-state index in [0.29, 0.717) is 11.1 Å². The number of nitrogens with two attached hydrogens (primary N) is 1. The molecule has 1 unspecified atom stereocenters. The first-order valence-corrected chi connectivity index (χ1v) is 6.72. The Hall–Kier alpha value is -1.06. The van der Waals surface area contributed by atoms with E-state index >= 15 is 0 Å². The molecule has 1 aliphatic carbocycles. The smallest absolute Gasteiger partial charge is 0.239 e. The highest BCUT2D eigenvalue weighted by Gasteiger charge is 2.37. The predicted molar refractivity (Wildman–Crippen MR) is 73.4 cm³/mol. The molecule has 98 valence electrons. The van der Waals surface area contributed by atoms with Crippen molar-refractivity contribution in [2.45, 2.75) is 44.8 Å². The second-order valence-corrected chi connectivity index (χ2v) is 5.37. The minimum atomic E-state index is -0.462. The first kappa shape index (κ1) is 13.4. The molecule has 4 heteroatoms. The molecule has 0 aliphatic heterocycles. The number of carbonyl (C=O) groups is 1. The fraction of sp³-hybridized carbons (Fsp3) is 0.500. The monoisotopic (exact) mass is 266 g/mol. The zero-order chi connectivity index (χ0) is 13.3. The van der Waals surface area contributed by atoms with Crippen LogP contribution in [0.4, 0.5) is 0 Å². The van der Waals surface area contributed by atoms with Gasteiger partial charge in [-0.3, -0.25) is 4.79 Å². The lowest BCUT2D eigenvalue weighted by atomic mass is 10.1. The molecule has 1 fully saturated rings. The maximum atomic E-state index is 12.2. The fourth-order valence-electron chi connectivity index (χ4n) is 2.24. The van der Waals surface area contributed by atoms with Crippen LogP contribution in [0.15, 0.2) is 24.3 Å². The topological polar surface area (TPSA) is 46.3 Å². The van der Waals surface area contributed by atoms with Gasteiger partial charge in [-0.15, -0.1) is 0 Å². The summed E-state index contributed by atoms with van der Waals surface area (Å²) in [5, 5.41) is 0.702. The van der Waals surface area contributed by atoms with Gasteiger partial charge in [0.25, 0.3) is 0 Å². The molecule has 18 heavy (non-hydrogen) atoms. The van der Waals surface area contributed by atoms with Crippen LogP contribution in [0.25, 0.3) is 0 Å². The Morgan fingerprint density at radius 1 is 1.39 bits per heavy atom. The molecule has 0 spiro atoms. The summed E-state index contributed by atoms with van der Waals surface area (Å²) in [5.41, 5.74) is 6.72. The lowest BCUT2D eigenvalue weighted by molar-refractivity contribution is -0.135. The van der Waals surface area contributed by atoms with Gasteiger partial charge in [-0.25, -0.2) is 0 Å². The number of rotatable bonds is 4. The molecule has 0 saturated heterocycles. The Labute approximate surface area is 113 Å². The number of hydrogen-bond donors (Lipinski definition) is 1. The first-order valence-electron chi connectivity index (χ1n) is 6.34. The zero-order valence-corrected chi connectivity index (χ0v) is 11.5. The Balaban J connectivity index is 2.26. The van der Waals surface area contributed by atoms with Crippen molar-refractivity contribution in [3.63, 3.8) is 0 Å². The van der Waals surface area contributed by atoms with Crippen molar-refractivity contribution in [2.75, 3.05) is 0 Å². The highest BCUT2D eigenvalue weighted by atomic mass is 35.5. The summed E-state index contributed by atoms with van der Waals surface area (Å²) < 4.78 is 0. The number of halogens is 1. The second kappa shape index (κ2) is 5.29. The van der Waals surface area contributed by atoms with Gasteiger partial charge < -0.3 is 10.6 Å². The summed E-state index contributed by atoms with van der Waals surface area (Å²) in [5.74, 6) is 0.00456. The van der Waals surface area contributed by atoms with Crippen molar-refractivity contribution < 1.29 is 4.79 Å². The van der Waals surface area contributed by atoms with Crippen molar-refractivity contribution in [1.29, 1.82) is 0 Å². The largest absolute Gasteiger partial charge is 0.332 e. The Kier molecular flexibility index (Phi) is 3.93. The Morgan fingerprint density at radius 2 is 2.00 bits per heavy atom. The van der Waals surface area contributed by atoms with Crippen LogP contribution in [0.3, 0.4) is 0 Å². The van der Waals surface area contributed by atoms with Gasteiger partial charge in [0.15, 0.2) is 0 Å². The van der Waals surface area contributed by atoms with Crippen LogP contribution in [0.1, 0.15) is 38.3 Å². The van der Waals surface area contributed by atoms with Gasteiger partial charge in [-0.1, -0.05) is 29.8 Å². The van der Waals surface area contributed by atoms with Gasteiger partial charge in [-0.05, 0) is 38.3 Å². The van der Waals surface area contributed by atoms with Crippen LogP contribution in [0.5, 0.6) is 0 Å². The highest BCUT2D eigenvalue weighted by Crippen LogP contribution is 2.36. The second-order valence-electron chi connectivity index (χ2n) is 4.96. The van der Waals surface area contributed by atoms with Gasteiger partial charge >= 0.3 is 0 Å². The lowest BCUT2D eigenvalue weighted by Crippen LogP contribution is -2.44. The van der Waals surface area contributed by atoms with Crippen molar-refractivity contribution in [1.82, 2.24) is 4.90 Å². The van der Waals surface area contributed by atoms with Gasteiger partial charge in [0.2, 0.25) is 5.91 Å². The molecule has 1 saturated carbocycles. The summed E-state index contributed by atoms with van der Waals surface area (Å²) in [7, 11) is 0. The lowest BCUT2D eigenvalue weighted by Gasteiger charge is -2.31. The van der Waals surface area contributed by atoms with Crippen LogP contribution in [0.2, 0.25) is 5.02 Å². The third-order valence-corrected chi connectivity index (χ3v) is 3.70. The molecule has 1 aromatic rings. The van der Waals surface area contributed by atoms with Gasteiger partial charge in [0.05, 0.1) is 12.1 Å². The van der Waals surface area contributed by atoms with E-state index in [1.807, 2.05) is 36.1 Å². The summed E-state index contributed by atoms with van der Waals surface area (Å²) in [6.07, 6.45) is 2.13. The van der Waals surface area contributed by atoms with Crippen molar-refractivity contribution in [3.8, 4) is 0 Å². The van der Waals surface area contributed by atoms with E-state index in [-0.39, 0.29) is 11.9 Å². The standard InChI is InChI=1S/C14H19ClN2O/c1-9(16)14(18)17(11-7-8-11)10(2)12-5-3-4-6-13(12)15/h3-6,9-11H,7-8,16H2,1-2H3/t9-,10?/m0/s1. The quantitative estimate of drug-likeness (QED) is 0.911. The number of carbonyl (C=O) groups excluding carboxylic acids is 1. The molecule has 0 heterocycles. The SMILES string of the molecule is CC(c1ccccc1Cl)N(C(=O)[C@H](C)N)C1CC1. The Bertz CT molecular complexity index is 443. The molecule has 1 amide bonds. The molecule has 0 radical (unpaired) electrons. The van der Waals surface area contributed by atoms with Crippen LogP contribution in [-0.2, 0) is 4.79 Å². The number of benzene rings is 1. The Morgan fingerprint density at radius 3 is 2.50 bits per heavy atom. The number of amides is 1. The molecule has 2 N–H and O–H groups in total. The molecule has 3 nitrogen and oxygen atoms in total. The summed E-state index contributed by atoms with van der Waals surface area (Å²) in [4.78, 5) is 14.1. The van der Waals surface area contributed by atoms with Crippen LogP contribution in [0, 0.1) is 0 Å². The van der Waals surface area contributed by atoms with Crippen molar-refractivity contribution in [3.05, 3.63) is 34.9 Å². The summed E-state index contributed by atoms with van der Waals surface area (Å²) >= 11 is 6.20. The summed E-state index contributed by atoms with van der Waals surface area (Å²) in [6.45, 7) is 3.75. The molecule has 0 aromatic heterocycles. The maximum absolute atomic E-state index is 12.2. The zero-order valence-electron chi connectivity index (χ0n) is 10.8. The van der Waals surface area contributed by atoms with Crippen LogP contribution < -0.4 is 5.73 Å². The highest BCUT2D eigenvalue weighted by molar-refractivity contribution is 6.31. The van der Waals surface area contributed by atoms with E-state index < -0.39 is 6.04 Å². The van der Waals surface area contributed by atoms with Gasteiger partial charge in [0, 0.05) is 11.1 Å². The van der Waals surface area contributed by atoms with E-state index in [1.54, 1.807) is 6.92 Å². The van der Waals surface area contributed by atoms with Crippen molar-refractivity contribution in [2.24, 2.45) is 5.73 Å².